The summed E-state index contributed by atoms with van der Waals surface area (Å²) in [6.07, 6.45) is 3.86. The highest BCUT2D eigenvalue weighted by Crippen LogP contribution is 2.22. The third-order valence-corrected chi connectivity index (χ3v) is 3.75. The van der Waals surface area contributed by atoms with Gasteiger partial charge in [0.05, 0.1) is 23.2 Å². The lowest BCUT2D eigenvalue weighted by Crippen LogP contribution is -1.91. The summed E-state index contributed by atoms with van der Waals surface area (Å²) in [6, 6.07) is 20.7. The molecule has 0 amide bonds. The van der Waals surface area contributed by atoms with Crippen LogP contribution in [0.15, 0.2) is 73.2 Å². The highest BCUT2D eigenvalue weighted by Gasteiger charge is 2.03. The normalized spacial score (nSPS) is 10.5. The van der Waals surface area contributed by atoms with Crippen molar-refractivity contribution in [2.24, 2.45) is 0 Å². The number of aromatic nitrogens is 3. The lowest BCUT2D eigenvalue weighted by Gasteiger charge is -2.06. The van der Waals surface area contributed by atoms with Crippen LogP contribution in [0.5, 0.6) is 0 Å². The largest absolute Gasteiger partial charge is 0.306 e. The molecule has 0 atom stereocenters. The summed E-state index contributed by atoms with van der Waals surface area (Å²) in [7, 11) is 0. The molecule has 2 heterocycles. The summed E-state index contributed by atoms with van der Waals surface area (Å²) >= 11 is 0. The van der Waals surface area contributed by atoms with Crippen LogP contribution in [0.3, 0.4) is 0 Å². The van der Waals surface area contributed by atoms with Gasteiger partial charge in [0.25, 0.3) is 0 Å². The molecule has 2 aromatic carbocycles. The number of rotatable bonds is 2. The Bertz CT molecular complexity index is 939. The van der Waals surface area contributed by atoms with E-state index in [0.717, 1.165) is 33.5 Å². The second kappa shape index (κ2) is 6.05. The molecule has 2 aromatic heterocycles. The number of hydrogen-bond acceptors (Lipinski definition) is 2. The first kappa shape index (κ1) is 15.0. The molecule has 0 bridgehead atoms. The van der Waals surface area contributed by atoms with E-state index < -0.39 is 0 Å². The first-order valence-corrected chi connectivity index (χ1v) is 7.27. The van der Waals surface area contributed by atoms with Gasteiger partial charge in [0, 0.05) is 22.8 Å². The Kier molecular flexibility index (Phi) is 3.94. The van der Waals surface area contributed by atoms with E-state index in [1.165, 1.54) is 0 Å². The standard InChI is InChI=1S/C19H15N3.CH4/c1-14-12-22(13-20-14)17-8-10-19-16(11-17)7-9-18(21-19)15-5-3-2-4-6-15;/h2-13H,1H3;1H4. The van der Waals surface area contributed by atoms with Crippen molar-refractivity contribution in [3.05, 3.63) is 78.9 Å². The third kappa shape index (κ3) is 2.86. The molecule has 0 saturated carbocycles. The van der Waals surface area contributed by atoms with Gasteiger partial charge in [-0.1, -0.05) is 43.8 Å². The SMILES string of the molecule is C.Cc1cn(-c2ccc3nc(-c4ccccc4)ccc3c2)cn1. The molecule has 114 valence electrons. The molecule has 4 rings (SSSR count). The van der Waals surface area contributed by atoms with E-state index in [0.29, 0.717) is 0 Å². The lowest BCUT2D eigenvalue weighted by atomic mass is 10.1. The number of imidazole rings is 1. The van der Waals surface area contributed by atoms with E-state index in [9.17, 15) is 0 Å². The predicted molar refractivity (Wildman–Crippen MR) is 95.8 cm³/mol. The van der Waals surface area contributed by atoms with Gasteiger partial charge in [-0.25, -0.2) is 9.97 Å². The molecule has 0 aliphatic heterocycles. The summed E-state index contributed by atoms with van der Waals surface area (Å²) in [5.41, 5.74) is 5.25. The predicted octanol–water partition coefficient (Wildman–Crippen LogP) is 5.03. The Morgan fingerprint density at radius 1 is 0.913 bits per heavy atom. The van der Waals surface area contributed by atoms with E-state index in [1.807, 2.05) is 42.2 Å². The highest BCUT2D eigenvalue weighted by molar-refractivity contribution is 5.83. The van der Waals surface area contributed by atoms with Gasteiger partial charge >= 0.3 is 0 Å². The van der Waals surface area contributed by atoms with Gasteiger partial charge < -0.3 is 4.57 Å². The minimum atomic E-state index is 0. The number of aryl methyl sites for hydroxylation is 1. The van der Waals surface area contributed by atoms with Crippen molar-refractivity contribution in [2.45, 2.75) is 14.4 Å². The van der Waals surface area contributed by atoms with Crippen molar-refractivity contribution in [1.82, 2.24) is 14.5 Å². The monoisotopic (exact) mass is 301 g/mol. The van der Waals surface area contributed by atoms with Gasteiger partial charge in [0.2, 0.25) is 0 Å². The Hall–Kier alpha value is -2.94. The molecule has 0 unspecified atom stereocenters. The Morgan fingerprint density at radius 2 is 1.74 bits per heavy atom. The number of hydrogen-bond donors (Lipinski definition) is 0. The molecular formula is C20H19N3. The number of pyridine rings is 1. The van der Waals surface area contributed by atoms with Crippen molar-refractivity contribution >= 4 is 10.9 Å². The van der Waals surface area contributed by atoms with Crippen molar-refractivity contribution in [2.75, 3.05) is 0 Å². The Morgan fingerprint density at radius 3 is 2.48 bits per heavy atom. The topological polar surface area (TPSA) is 30.7 Å². The van der Waals surface area contributed by atoms with E-state index in [4.69, 9.17) is 4.98 Å². The second-order valence-electron chi connectivity index (χ2n) is 5.36. The van der Waals surface area contributed by atoms with Crippen molar-refractivity contribution < 1.29 is 0 Å². The van der Waals surface area contributed by atoms with Gasteiger partial charge in [0.15, 0.2) is 0 Å². The average molecular weight is 301 g/mol. The zero-order valence-electron chi connectivity index (χ0n) is 12.3. The van der Waals surface area contributed by atoms with E-state index >= 15 is 0 Å². The zero-order valence-corrected chi connectivity index (χ0v) is 12.3. The fourth-order valence-corrected chi connectivity index (χ4v) is 2.61. The summed E-state index contributed by atoms with van der Waals surface area (Å²) in [4.78, 5) is 9.03. The first-order valence-electron chi connectivity index (χ1n) is 7.27. The zero-order chi connectivity index (χ0) is 14.9. The van der Waals surface area contributed by atoms with Gasteiger partial charge in [-0.05, 0) is 31.2 Å². The highest BCUT2D eigenvalue weighted by atomic mass is 15.0. The minimum Gasteiger partial charge on any atom is -0.306 e. The number of nitrogens with zero attached hydrogens (tertiary/aromatic N) is 3. The van der Waals surface area contributed by atoms with E-state index in [2.05, 4.69) is 47.4 Å². The fourth-order valence-electron chi connectivity index (χ4n) is 2.61. The van der Waals surface area contributed by atoms with Crippen LogP contribution >= 0.6 is 0 Å². The molecule has 0 aliphatic rings. The van der Waals surface area contributed by atoms with Crippen LogP contribution in [-0.4, -0.2) is 14.5 Å². The third-order valence-electron chi connectivity index (χ3n) is 3.75. The minimum absolute atomic E-state index is 0. The summed E-state index contributed by atoms with van der Waals surface area (Å²) in [5, 5.41) is 1.13. The molecule has 3 nitrogen and oxygen atoms in total. The maximum absolute atomic E-state index is 4.76. The molecule has 0 spiro atoms. The van der Waals surface area contributed by atoms with Gasteiger partial charge in [-0.15, -0.1) is 0 Å². The molecule has 4 aromatic rings. The van der Waals surface area contributed by atoms with Crippen LogP contribution in [0.25, 0.3) is 27.8 Å². The maximum Gasteiger partial charge on any atom is 0.0995 e. The van der Waals surface area contributed by atoms with E-state index in [1.54, 1.807) is 0 Å². The van der Waals surface area contributed by atoms with E-state index in [-0.39, 0.29) is 7.43 Å². The molecule has 0 saturated heterocycles. The lowest BCUT2D eigenvalue weighted by molar-refractivity contribution is 1.06. The summed E-state index contributed by atoms with van der Waals surface area (Å²) in [6.45, 7) is 1.99. The molecule has 3 heteroatoms. The van der Waals surface area contributed by atoms with Crippen LogP contribution in [0.2, 0.25) is 0 Å². The van der Waals surface area contributed by atoms with Crippen molar-refractivity contribution in [3.8, 4) is 16.9 Å². The van der Waals surface area contributed by atoms with Crippen LogP contribution < -0.4 is 0 Å². The quantitative estimate of drug-likeness (QED) is 0.520. The Labute approximate surface area is 136 Å². The molecule has 0 radical (unpaired) electrons. The van der Waals surface area contributed by atoms with Crippen LogP contribution in [0.1, 0.15) is 13.1 Å². The van der Waals surface area contributed by atoms with Crippen LogP contribution in [-0.2, 0) is 0 Å². The average Bonchev–Trinajstić information content (AvgIpc) is 3.01. The number of fused-ring (bicyclic) bond motifs is 1. The smallest absolute Gasteiger partial charge is 0.0995 e. The summed E-state index contributed by atoms with van der Waals surface area (Å²) in [5.74, 6) is 0. The molecule has 23 heavy (non-hydrogen) atoms. The second-order valence-corrected chi connectivity index (χ2v) is 5.36. The number of benzene rings is 2. The summed E-state index contributed by atoms with van der Waals surface area (Å²) < 4.78 is 2.03. The van der Waals surface area contributed by atoms with Gasteiger partial charge in [-0.3, -0.25) is 0 Å². The maximum atomic E-state index is 4.76. The fraction of sp³-hybridized carbons (Fsp3) is 0.100. The van der Waals surface area contributed by atoms with Gasteiger partial charge in [-0.2, -0.15) is 0 Å². The molecule has 0 N–H and O–H groups in total. The van der Waals surface area contributed by atoms with Crippen LogP contribution in [0, 0.1) is 6.92 Å². The first-order chi connectivity index (χ1) is 10.8. The Balaban J connectivity index is 0.00000156. The molecular weight excluding hydrogens is 282 g/mol. The molecule has 0 fully saturated rings. The van der Waals surface area contributed by atoms with Crippen molar-refractivity contribution in [3.63, 3.8) is 0 Å². The van der Waals surface area contributed by atoms with Gasteiger partial charge in [0.1, 0.15) is 0 Å². The molecule has 0 aliphatic carbocycles. The van der Waals surface area contributed by atoms with Crippen molar-refractivity contribution in [1.29, 1.82) is 0 Å². The van der Waals surface area contributed by atoms with Crippen LogP contribution in [0.4, 0.5) is 0 Å².